The van der Waals surface area contributed by atoms with Crippen LogP contribution in [-0.4, -0.2) is 78.5 Å². The van der Waals surface area contributed by atoms with Gasteiger partial charge in [0.1, 0.15) is 24.1 Å². The minimum absolute atomic E-state index is 0.0595. The number of hydrogen-bond donors (Lipinski definition) is 5. The number of nitrogens with zero attached hydrogens (tertiary/aromatic N) is 5. The van der Waals surface area contributed by atoms with Crippen molar-refractivity contribution in [1.82, 2.24) is 29.7 Å². The van der Waals surface area contributed by atoms with Gasteiger partial charge in [0, 0.05) is 31.4 Å². The van der Waals surface area contributed by atoms with Crippen molar-refractivity contribution in [2.45, 2.75) is 70.7 Å². The number of urea groups is 1. The molecule has 11 nitrogen and oxygen atoms in total. The fourth-order valence-electron chi connectivity index (χ4n) is 4.77. The number of hydrogen-bond acceptors (Lipinski definition) is 8. The van der Waals surface area contributed by atoms with E-state index in [-0.39, 0.29) is 23.3 Å². The largest absolute Gasteiger partial charge is 0.388 e. The van der Waals surface area contributed by atoms with Crippen LogP contribution in [0.4, 0.5) is 16.3 Å². The third-order valence-corrected chi connectivity index (χ3v) is 7.18. The average molecular weight is 537 g/mol. The summed E-state index contributed by atoms with van der Waals surface area (Å²) in [4.78, 5) is 27.1. The van der Waals surface area contributed by atoms with Gasteiger partial charge in [0.15, 0.2) is 11.5 Å². The number of nitrogens with one attached hydrogen (secondary N) is 2. The fourth-order valence-corrected chi connectivity index (χ4v) is 4.77. The van der Waals surface area contributed by atoms with Crippen LogP contribution < -0.4 is 16.4 Å². The molecule has 0 bridgehead atoms. The molecule has 0 unspecified atom stereocenters. The predicted octanol–water partition coefficient (Wildman–Crippen LogP) is 2.83. The minimum atomic E-state index is -1.04. The predicted molar refractivity (Wildman–Crippen MR) is 152 cm³/mol. The van der Waals surface area contributed by atoms with Crippen molar-refractivity contribution in [2.75, 3.05) is 30.7 Å². The number of fused-ring (bicyclic) bond motifs is 1. The molecule has 2 heterocycles. The van der Waals surface area contributed by atoms with Crippen molar-refractivity contribution in [3.8, 4) is 0 Å². The van der Waals surface area contributed by atoms with Gasteiger partial charge in [-0.3, -0.25) is 4.90 Å². The zero-order chi connectivity index (χ0) is 28.3. The van der Waals surface area contributed by atoms with E-state index in [2.05, 4.69) is 65.1 Å². The SMILES string of the molecule is CC(C)N(CCCNC(=O)Nc1ccc(C(C)(C)C)cc1)CC1=C[C@@H](n2cnc3c(N)ncnc32)[C@H](O)[C@@H]1O. The highest BCUT2D eigenvalue weighted by atomic mass is 16.3. The molecule has 0 aliphatic heterocycles. The summed E-state index contributed by atoms with van der Waals surface area (Å²) in [6.07, 6.45) is 3.47. The number of aliphatic hydroxyl groups is 2. The Labute approximate surface area is 229 Å². The van der Waals surface area contributed by atoms with Gasteiger partial charge < -0.3 is 31.1 Å². The lowest BCUT2D eigenvalue weighted by atomic mass is 9.87. The van der Waals surface area contributed by atoms with Crippen LogP contribution in [0.2, 0.25) is 0 Å². The normalized spacial score (nSPS) is 19.6. The molecule has 0 saturated carbocycles. The highest BCUT2D eigenvalue weighted by molar-refractivity contribution is 5.89. The number of aliphatic hydroxyl groups excluding tert-OH is 2. The molecule has 1 aliphatic rings. The second-order valence-corrected chi connectivity index (χ2v) is 11.4. The Bertz CT molecular complexity index is 1310. The molecule has 4 rings (SSSR count). The summed E-state index contributed by atoms with van der Waals surface area (Å²) in [6, 6.07) is 7.32. The number of amides is 2. The van der Waals surface area contributed by atoms with E-state index in [1.165, 1.54) is 11.9 Å². The van der Waals surface area contributed by atoms with Crippen LogP contribution in [-0.2, 0) is 5.41 Å². The lowest BCUT2D eigenvalue weighted by molar-refractivity contribution is 0.0292. The summed E-state index contributed by atoms with van der Waals surface area (Å²) in [6.45, 7) is 12.3. The molecule has 11 heteroatoms. The summed E-state index contributed by atoms with van der Waals surface area (Å²) in [5.74, 6) is 0.266. The average Bonchev–Trinajstić information content (AvgIpc) is 3.42. The lowest BCUT2D eigenvalue weighted by Crippen LogP contribution is -2.38. The standard InChI is InChI=1S/C28H40N8O3/c1-17(2)35(12-6-11-30-27(39)34-20-9-7-19(8-10-20)28(3,4)5)14-18-13-21(24(38)23(18)37)36-16-33-22-25(29)31-15-32-26(22)36/h7-10,13,15-17,21,23-24,37-38H,6,11-12,14H2,1-5H3,(H2,29,31,32)(H2,30,34,39)/t21-,23-,24+/m1/s1. The molecule has 210 valence electrons. The summed E-state index contributed by atoms with van der Waals surface area (Å²) >= 11 is 0. The molecule has 1 aromatic carbocycles. The Morgan fingerprint density at radius 3 is 2.54 bits per heavy atom. The van der Waals surface area contributed by atoms with Crippen molar-refractivity contribution in [2.24, 2.45) is 0 Å². The molecule has 6 N–H and O–H groups in total. The Kier molecular flexibility index (Phi) is 8.53. The van der Waals surface area contributed by atoms with Crippen LogP contribution in [0.3, 0.4) is 0 Å². The van der Waals surface area contributed by atoms with Crippen molar-refractivity contribution in [3.05, 3.63) is 54.1 Å². The summed E-state index contributed by atoms with van der Waals surface area (Å²) in [5, 5.41) is 27.5. The highest BCUT2D eigenvalue weighted by Crippen LogP contribution is 2.32. The van der Waals surface area contributed by atoms with Gasteiger partial charge in [-0.2, -0.15) is 0 Å². The van der Waals surface area contributed by atoms with Gasteiger partial charge in [0.05, 0.1) is 12.4 Å². The third-order valence-electron chi connectivity index (χ3n) is 7.18. The van der Waals surface area contributed by atoms with Gasteiger partial charge in [0.2, 0.25) is 0 Å². The van der Waals surface area contributed by atoms with Gasteiger partial charge in [-0.25, -0.2) is 19.7 Å². The minimum Gasteiger partial charge on any atom is -0.388 e. The van der Waals surface area contributed by atoms with E-state index in [4.69, 9.17) is 5.73 Å². The van der Waals surface area contributed by atoms with Gasteiger partial charge in [-0.15, -0.1) is 0 Å². The Morgan fingerprint density at radius 2 is 1.87 bits per heavy atom. The first kappa shape index (κ1) is 28.5. The van der Waals surface area contributed by atoms with Gasteiger partial charge >= 0.3 is 6.03 Å². The van der Waals surface area contributed by atoms with Crippen LogP contribution in [0.25, 0.3) is 11.2 Å². The number of nitrogen functional groups attached to an aromatic ring is 1. The molecule has 3 aromatic rings. The molecule has 2 aromatic heterocycles. The first-order chi connectivity index (χ1) is 18.5. The van der Waals surface area contributed by atoms with Gasteiger partial charge in [-0.1, -0.05) is 39.0 Å². The fraction of sp³-hybridized carbons (Fsp3) is 0.500. The number of aromatic nitrogens is 4. The van der Waals surface area contributed by atoms with Crippen LogP contribution in [0.5, 0.6) is 0 Å². The number of rotatable bonds is 9. The lowest BCUT2D eigenvalue weighted by Gasteiger charge is -2.28. The molecule has 0 spiro atoms. The molecular formula is C28H40N8O3. The topological polar surface area (TPSA) is 154 Å². The van der Waals surface area contributed by atoms with E-state index in [0.29, 0.717) is 30.8 Å². The number of carbonyl (C=O) groups excluding carboxylic acids is 1. The quantitative estimate of drug-likeness (QED) is 0.207. The summed E-state index contributed by atoms with van der Waals surface area (Å²) in [7, 11) is 0. The Hall–Kier alpha value is -3.54. The number of nitrogens with two attached hydrogens (primary N) is 1. The van der Waals surface area contributed by atoms with E-state index in [0.717, 1.165) is 17.7 Å². The zero-order valence-corrected chi connectivity index (χ0v) is 23.3. The molecule has 39 heavy (non-hydrogen) atoms. The van der Waals surface area contributed by atoms with Gasteiger partial charge in [-0.05, 0) is 49.0 Å². The molecule has 2 amide bonds. The highest BCUT2D eigenvalue weighted by Gasteiger charge is 2.37. The monoisotopic (exact) mass is 536 g/mol. The van der Waals surface area contributed by atoms with Crippen LogP contribution in [0, 0.1) is 0 Å². The van der Waals surface area contributed by atoms with Crippen molar-refractivity contribution in [3.63, 3.8) is 0 Å². The van der Waals surface area contributed by atoms with Crippen LogP contribution in [0.1, 0.15) is 52.6 Å². The molecule has 3 atom stereocenters. The summed E-state index contributed by atoms with van der Waals surface area (Å²) in [5.41, 5.74) is 9.62. The van der Waals surface area contributed by atoms with E-state index >= 15 is 0 Å². The maximum absolute atomic E-state index is 12.4. The maximum atomic E-state index is 12.4. The van der Waals surface area contributed by atoms with E-state index in [1.54, 1.807) is 10.9 Å². The van der Waals surface area contributed by atoms with Gasteiger partial charge in [0.25, 0.3) is 0 Å². The second kappa shape index (κ2) is 11.7. The van der Waals surface area contributed by atoms with Crippen LogP contribution in [0.15, 0.2) is 48.6 Å². The van der Waals surface area contributed by atoms with E-state index in [1.807, 2.05) is 30.3 Å². The molecule has 0 saturated heterocycles. The first-order valence-corrected chi connectivity index (χ1v) is 13.3. The Morgan fingerprint density at radius 1 is 1.15 bits per heavy atom. The van der Waals surface area contributed by atoms with Crippen LogP contribution >= 0.6 is 0 Å². The van der Waals surface area contributed by atoms with Crippen molar-refractivity contribution < 1.29 is 15.0 Å². The number of imidazole rings is 1. The molecule has 1 aliphatic carbocycles. The first-order valence-electron chi connectivity index (χ1n) is 13.3. The van der Waals surface area contributed by atoms with Crippen molar-refractivity contribution >= 4 is 28.7 Å². The van der Waals surface area contributed by atoms with Crippen molar-refractivity contribution in [1.29, 1.82) is 0 Å². The van der Waals surface area contributed by atoms with E-state index < -0.39 is 18.2 Å². The smallest absolute Gasteiger partial charge is 0.319 e. The number of benzene rings is 1. The number of anilines is 2. The summed E-state index contributed by atoms with van der Waals surface area (Å²) < 4.78 is 1.72. The molecule has 0 radical (unpaired) electrons. The number of carbonyl (C=O) groups is 1. The van der Waals surface area contributed by atoms with E-state index in [9.17, 15) is 15.0 Å². The Balaban J connectivity index is 1.31. The second-order valence-electron chi connectivity index (χ2n) is 11.4. The third kappa shape index (κ3) is 6.55. The molecule has 0 fully saturated rings. The maximum Gasteiger partial charge on any atom is 0.319 e. The zero-order valence-electron chi connectivity index (χ0n) is 23.3. The molecular weight excluding hydrogens is 496 g/mol.